The minimum Gasteiger partial charge on any atom is -0.480 e. The van der Waals surface area contributed by atoms with Gasteiger partial charge in [-0.2, -0.15) is 17.9 Å². The highest BCUT2D eigenvalue weighted by molar-refractivity contribution is 7.88. The molecular weight excluding hydrogens is 370 g/mol. The Balaban J connectivity index is 1.74. The van der Waals surface area contributed by atoms with Gasteiger partial charge in [0.2, 0.25) is 5.91 Å². The summed E-state index contributed by atoms with van der Waals surface area (Å²) in [7, 11) is -5.64. The molecule has 3 rings (SSSR count). The van der Waals surface area contributed by atoms with Crippen molar-refractivity contribution in [3.05, 3.63) is 0 Å². The molecule has 3 aliphatic rings. The van der Waals surface area contributed by atoms with Gasteiger partial charge >= 0.3 is 5.97 Å². The van der Waals surface area contributed by atoms with E-state index < -0.39 is 55.1 Å². The summed E-state index contributed by atoms with van der Waals surface area (Å²) in [5.74, 6) is -1.89. The Morgan fingerprint density at radius 3 is 2.40 bits per heavy atom. The van der Waals surface area contributed by atoms with Crippen LogP contribution in [-0.4, -0.2) is 62.8 Å². The highest BCUT2D eigenvalue weighted by Gasteiger charge is 2.68. The van der Waals surface area contributed by atoms with E-state index in [1.54, 1.807) is 0 Å². The van der Waals surface area contributed by atoms with Crippen LogP contribution >= 0.6 is 0 Å². The van der Waals surface area contributed by atoms with Gasteiger partial charge in [-0.25, -0.2) is 4.79 Å². The number of carbonyl (C=O) groups excluding carboxylic acids is 1. The molecule has 3 fully saturated rings. The van der Waals surface area contributed by atoms with E-state index >= 15 is 0 Å². The van der Waals surface area contributed by atoms with Crippen molar-refractivity contribution in [3.8, 4) is 0 Å². The molecule has 1 unspecified atom stereocenters. The number of hydrogen-bond donors (Lipinski definition) is 3. The number of carboxylic acid groups (broad SMARTS) is 1. The normalized spacial score (nSPS) is 35.3. The van der Waals surface area contributed by atoms with Gasteiger partial charge in [-0.15, -0.1) is 0 Å². The standard InChI is InChI=1S/C14H23N3O6S2/c1-14(2)10(13(19)20)17-11(18)9(12(17)24(14)21)16-25(22,23)15-8-6-4-3-5-7-8/h8-10,12,15-16H,3-7H2,1-2H3,(H,19,20)/t9-,10+,12-,24?/m1/s1. The molecule has 3 N–H and O–H groups in total. The molecule has 0 radical (unpaired) electrons. The lowest BCUT2D eigenvalue weighted by Crippen LogP contribution is -2.72. The first-order valence-electron chi connectivity index (χ1n) is 8.31. The smallest absolute Gasteiger partial charge is 0.328 e. The summed E-state index contributed by atoms with van der Waals surface area (Å²) in [5.41, 5.74) is 0. The lowest BCUT2D eigenvalue weighted by atomic mass is 9.96. The maximum atomic E-state index is 12.6. The second kappa shape index (κ2) is 6.29. The van der Waals surface area contributed by atoms with E-state index in [0.29, 0.717) is 0 Å². The molecule has 0 spiro atoms. The maximum Gasteiger partial charge on any atom is 0.328 e. The van der Waals surface area contributed by atoms with Crippen LogP contribution in [0.25, 0.3) is 0 Å². The number of aliphatic carboxylic acids is 1. The topological polar surface area (TPSA) is 133 Å². The van der Waals surface area contributed by atoms with Gasteiger partial charge in [0.25, 0.3) is 10.2 Å². The summed E-state index contributed by atoms with van der Waals surface area (Å²) in [6.07, 6.45) is 4.47. The molecule has 11 heteroatoms. The highest BCUT2D eigenvalue weighted by atomic mass is 32.2. The van der Waals surface area contributed by atoms with Crippen LogP contribution in [0, 0.1) is 0 Å². The third kappa shape index (κ3) is 3.11. The van der Waals surface area contributed by atoms with Crippen LogP contribution in [0.4, 0.5) is 0 Å². The average molecular weight is 393 g/mol. The van der Waals surface area contributed by atoms with Crippen molar-refractivity contribution in [2.24, 2.45) is 0 Å². The van der Waals surface area contributed by atoms with Gasteiger partial charge < -0.3 is 10.0 Å². The van der Waals surface area contributed by atoms with Gasteiger partial charge in [-0.3, -0.25) is 9.00 Å². The van der Waals surface area contributed by atoms with E-state index in [9.17, 15) is 27.3 Å². The van der Waals surface area contributed by atoms with Crippen LogP contribution in [0.2, 0.25) is 0 Å². The quantitative estimate of drug-likeness (QED) is 0.528. The summed E-state index contributed by atoms with van der Waals surface area (Å²) < 4.78 is 40.9. The second-order valence-corrected chi connectivity index (χ2v) is 10.9. The van der Waals surface area contributed by atoms with Crippen LogP contribution < -0.4 is 9.44 Å². The molecule has 0 aromatic heterocycles. The molecule has 142 valence electrons. The Morgan fingerprint density at radius 1 is 1.24 bits per heavy atom. The number of carbonyl (C=O) groups is 2. The van der Waals surface area contributed by atoms with Gasteiger partial charge in [0.05, 0.1) is 15.5 Å². The van der Waals surface area contributed by atoms with E-state index in [1.807, 2.05) is 0 Å². The van der Waals surface area contributed by atoms with Crippen LogP contribution in [0.15, 0.2) is 0 Å². The third-order valence-corrected chi connectivity index (χ3v) is 8.60. The molecule has 9 nitrogen and oxygen atoms in total. The first-order chi connectivity index (χ1) is 11.6. The molecule has 2 aliphatic heterocycles. The van der Waals surface area contributed by atoms with Crippen molar-refractivity contribution in [1.29, 1.82) is 0 Å². The molecule has 1 saturated carbocycles. The molecule has 0 bridgehead atoms. The van der Waals surface area contributed by atoms with Crippen LogP contribution in [0.3, 0.4) is 0 Å². The van der Waals surface area contributed by atoms with Gasteiger partial charge in [0.15, 0.2) is 0 Å². The number of carboxylic acids is 1. The Kier molecular flexibility index (Phi) is 4.71. The first-order valence-corrected chi connectivity index (χ1v) is 11.0. The largest absolute Gasteiger partial charge is 0.480 e. The van der Waals surface area contributed by atoms with Crippen molar-refractivity contribution in [1.82, 2.24) is 14.3 Å². The van der Waals surface area contributed by atoms with Gasteiger partial charge in [0.1, 0.15) is 17.5 Å². The predicted molar refractivity (Wildman–Crippen MR) is 90.1 cm³/mol. The fourth-order valence-electron chi connectivity index (χ4n) is 3.91. The molecule has 25 heavy (non-hydrogen) atoms. The number of fused-ring (bicyclic) bond motifs is 1. The number of nitrogens with zero attached hydrogens (tertiary/aromatic N) is 1. The van der Waals surface area contributed by atoms with E-state index in [-0.39, 0.29) is 6.04 Å². The Morgan fingerprint density at radius 2 is 1.84 bits per heavy atom. The summed E-state index contributed by atoms with van der Waals surface area (Å²) in [6, 6.07) is -2.58. The van der Waals surface area contributed by atoms with E-state index in [4.69, 9.17) is 0 Å². The Labute approximate surface area is 149 Å². The number of nitrogens with one attached hydrogen (secondary N) is 2. The molecule has 0 aromatic carbocycles. The minimum absolute atomic E-state index is 0.171. The highest BCUT2D eigenvalue weighted by Crippen LogP contribution is 2.43. The minimum atomic E-state index is -3.94. The van der Waals surface area contributed by atoms with E-state index in [2.05, 4.69) is 9.44 Å². The third-order valence-electron chi connectivity index (χ3n) is 5.20. The molecule has 4 atom stereocenters. The van der Waals surface area contributed by atoms with Crippen LogP contribution in [0.1, 0.15) is 46.0 Å². The number of hydrogen-bond acceptors (Lipinski definition) is 5. The Bertz CT molecular complexity index is 716. The van der Waals surface area contributed by atoms with Crippen molar-refractivity contribution in [3.63, 3.8) is 0 Å². The zero-order valence-corrected chi connectivity index (χ0v) is 15.7. The van der Waals surface area contributed by atoms with Gasteiger partial charge in [-0.1, -0.05) is 19.3 Å². The molecule has 2 heterocycles. The lowest BCUT2D eigenvalue weighted by Gasteiger charge is -2.43. The lowest BCUT2D eigenvalue weighted by molar-refractivity contribution is -0.159. The molecule has 0 aromatic rings. The summed E-state index contributed by atoms with van der Waals surface area (Å²) in [4.78, 5) is 24.8. The number of β-lactam (4-membered cyclic amide) rings is 1. The second-order valence-electron chi connectivity index (χ2n) is 7.33. The van der Waals surface area contributed by atoms with E-state index in [0.717, 1.165) is 37.0 Å². The summed E-state index contributed by atoms with van der Waals surface area (Å²) >= 11 is 0. The SMILES string of the molecule is CC1(C)[C@H](C(=O)O)N2C(=O)[C@@H](NS(=O)(=O)NC3CCCCC3)[C@H]2S1=O. The monoisotopic (exact) mass is 393 g/mol. The fraction of sp³-hybridized carbons (Fsp3) is 0.857. The molecule has 2 saturated heterocycles. The summed E-state index contributed by atoms with van der Waals surface area (Å²) in [6.45, 7) is 3.03. The number of rotatable bonds is 5. The summed E-state index contributed by atoms with van der Waals surface area (Å²) in [5, 5.41) is 8.41. The fourth-order valence-corrected chi connectivity index (χ4v) is 7.22. The average Bonchev–Trinajstić information content (AvgIpc) is 2.71. The van der Waals surface area contributed by atoms with Crippen molar-refractivity contribution in [2.45, 2.75) is 74.2 Å². The van der Waals surface area contributed by atoms with Gasteiger partial charge in [0, 0.05) is 6.04 Å². The first kappa shape index (κ1) is 18.7. The van der Waals surface area contributed by atoms with Crippen molar-refractivity contribution in [2.75, 3.05) is 0 Å². The predicted octanol–water partition coefficient (Wildman–Crippen LogP) is -0.726. The van der Waals surface area contributed by atoms with Crippen LogP contribution in [0.5, 0.6) is 0 Å². The Hall–Kier alpha value is -1.04. The number of amides is 1. The zero-order chi connectivity index (χ0) is 18.6. The van der Waals surface area contributed by atoms with Crippen molar-refractivity contribution >= 4 is 32.9 Å². The van der Waals surface area contributed by atoms with E-state index in [1.165, 1.54) is 13.8 Å². The maximum absolute atomic E-state index is 12.6. The molecule has 1 aliphatic carbocycles. The van der Waals surface area contributed by atoms with Crippen molar-refractivity contribution < 1.29 is 27.3 Å². The van der Waals surface area contributed by atoms with Gasteiger partial charge in [-0.05, 0) is 26.7 Å². The zero-order valence-electron chi connectivity index (χ0n) is 14.1. The molecule has 1 amide bonds. The molecular formula is C14H23N3O6S2. The van der Waals surface area contributed by atoms with Crippen LogP contribution in [-0.2, 0) is 30.6 Å².